The molecule has 0 atom stereocenters. The van der Waals surface area contributed by atoms with Crippen molar-refractivity contribution in [3.8, 4) is 5.75 Å². The molecule has 0 radical (unpaired) electrons. The summed E-state index contributed by atoms with van der Waals surface area (Å²) in [5.74, 6) is -0.703. The van der Waals surface area contributed by atoms with Crippen LogP contribution in [0.3, 0.4) is 0 Å². The van der Waals surface area contributed by atoms with Gasteiger partial charge in [0, 0.05) is 10.6 Å². The number of benzene rings is 2. The van der Waals surface area contributed by atoms with Crippen molar-refractivity contribution in [2.24, 2.45) is 5.73 Å². The molecule has 0 bridgehead atoms. The minimum absolute atomic E-state index is 0.0309. The summed E-state index contributed by atoms with van der Waals surface area (Å²) in [4.78, 5) is 11.0. The van der Waals surface area contributed by atoms with Crippen molar-refractivity contribution in [1.29, 1.82) is 0 Å². The van der Waals surface area contributed by atoms with Crippen molar-refractivity contribution in [2.75, 3.05) is 11.8 Å². The van der Waals surface area contributed by atoms with Crippen LogP contribution in [-0.2, 0) is 10.0 Å². The molecule has 2 rings (SSSR count). The predicted molar refractivity (Wildman–Crippen MR) is 88.8 cm³/mol. The van der Waals surface area contributed by atoms with Crippen LogP contribution in [0, 0.1) is 0 Å². The molecule has 0 heterocycles. The molecule has 0 aliphatic carbocycles. The monoisotopic (exact) mass is 374 g/mol. The summed E-state index contributed by atoms with van der Waals surface area (Å²) in [7, 11) is -2.77. The molecule has 0 fully saturated rings. The lowest BCUT2D eigenvalue weighted by Gasteiger charge is -2.13. The Kier molecular flexibility index (Phi) is 5.03. The largest absolute Gasteiger partial charge is 0.495 e. The maximum absolute atomic E-state index is 12.6. The first-order valence-corrected chi connectivity index (χ1v) is 8.44. The van der Waals surface area contributed by atoms with E-state index >= 15 is 0 Å². The minimum Gasteiger partial charge on any atom is -0.495 e. The number of halogens is 2. The van der Waals surface area contributed by atoms with Crippen LogP contribution in [0.25, 0.3) is 0 Å². The summed E-state index contributed by atoms with van der Waals surface area (Å²) in [6.07, 6.45) is 0. The number of hydrogen-bond acceptors (Lipinski definition) is 4. The molecule has 6 nitrogen and oxygen atoms in total. The molecule has 122 valence electrons. The maximum atomic E-state index is 12.6. The molecule has 1 amide bonds. The first-order chi connectivity index (χ1) is 10.7. The van der Waals surface area contributed by atoms with Crippen molar-refractivity contribution < 1.29 is 17.9 Å². The van der Waals surface area contributed by atoms with E-state index in [-0.39, 0.29) is 26.9 Å². The van der Waals surface area contributed by atoms with Gasteiger partial charge in [0.1, 0.15) is 10.6 Å². The van der Waals surface area contributed by atoms with Gasteiger partial charge in [0.05, 0.1) is 17.8 Å². The number of ether oxygens (including phenoxy) is 1. The molecular weight excluding hydrogens is 363 g/mol. The standard InChI is InChI=1S/C14H12Cl2N2O4S/c1-22-12-5-2-8(14(17)19)6-13(12)23(20,21)18-11-7-9(15)3-4-10(11)16/h2-7,18H,1H3,(H2,17,19). The first kappa shape index (κ1) is 17.4. The quantitative estimate of drug-likeness (QED) is 0.840. The number of carbonyl (C=O) groups excluding carboxylic acids is 1. The van der Waals surface area contributed by atoms with E-state index in [1.54, 1.807) is 0 Å². The van der Waals surface area contributed by atoms with Gasteiger partial charge in [-0.05, 0) is 36.4 Å². The molecule has 3 N–H and O–H groups in total. The van der Waals surface area contributed by atoms with Crippen LogP contribution in [0.5, 0.6) is 5.75 Å². The molecule has 0 aromatic heterocycles. The molecule has 0 aliphatic rings. The topological polar surface area (TPSA) is 98.5 Å². The summed E-state index contributed by atoms with van der Waals surface area (Å²) in [5.41, 5.74) is 5.31. The van der Waals surface area contributed by atoms with Gasteiger partial charge in [0.2, 0.25) is 5.91 Å². The Morgan fingerprint density at radius 2 is 1.87 bits per heavy atom. The summed E-state index contributed by atoms with van der Waals surface area (Å²) in [6.45, 7) is 0. The van der Waals surface area contributed by atoms with Gasteiger partial charge in [-0.3, -0.25) is 9.52 Å². The molecule has 23 heavy (non-hydrogen) atoms. The zero-order valence-corrected chi connectivity index (χ0v) is 14.2. The smallest absolute Gasteiger partial charge is 0.265 e. The van der Waals surface area contributed by atoms with Crippen LogP contribution < -0.4 is 15.2 Å². The zero-order valence-electron chi connectivity index (χ0n) is 11.8. The van der Waals surface area contributed by atoms with Crippen LogP contribution in [0.1, 0.15) is 10.4 Å². The molecule has 0 unspecified atom stereocenters. The predicted octanol–water partition coefficient (Wildman–Crippen LogP) is 2.90. The summed E-state index contributed by atoms with van der Waals surface area (Å²) in [5, 5.41) is 0.480. The Morgan fingerprint density at radius 3 is 2.48 bits per heavy atom. The van der Waals surface area contributed by atoms with Crippen LogP contribution in [0.15, 0.2) is 41.3 Å². The Hall–Kier alpha value is -1.96. The molecular formula is C14H12Cl2N2O4S. The number of methoxy groups -OCH3 is 1. The van der Waals surface area contributed by atoms with E-state index in [1.165, 1.54) is 37.4 Å². The zero-order chi connectivity index (χ0) is 17.2. The van der Waals surface area contributed by atoms with Crippen LogP contribution in [0.2, 0.25) is 10.0 Å². The van der Waals surface area contributed by atoms with E-state index in [0.717, 1.165) is 6.07 Å². The van der Waals surface area contributed by atoms with E-state index in [4.69, 9.17) is 33.7 Å². The average Bonchev–Trinajstić information content (AvgIpc) is 2.50. The number of primary amides is 1. The SMILES string of the molecule is COc1ccc(C(N)=O)cc1S(=O)(=O)Nc1cc(Cl)ccc1Cl. The lowest BCUT2D eigenvalue weighted by molar-refractivity contribution is 0.1000. The average molecular weight is 375 g/mol. The van der Waals surface area contributed by atoms with E-state index in [2.05, 4.69) is 4.72 Å². The van der Waals surface area contributed by atoms with Crippen molar-refractivity contribution >= 4 is 44.8 Å². The van der Waals surface area contributed by atoms with Gasteiger partial charge in [-0.25, -0.2) is 8.42 Å². The lowest BCUT2D eigenvalue weighted by Crippen LogP contribution is -2.17. The number of nitrogens with two attached hydrogens (primary N) is 1. The molecule has 0 saturated carbocycles. The van der Waals surface area contributed by atoms with Crippen LogP contribution in [0.4, 0.5) is 5.69 Å². The second-order valence-electron chi connectivity index (χ2n) is 4.46. The van der Waals surface area contributed by atoms with E-state index in [1.807, 2.05) is 0 Å². The highest BCUT2D eigenvalue weighted by molar-refractivity contribution is 7.92. The fourth-order valence-electron chi connectivity index (χ4n) is 1.82. The number of nitrogens with one attached hydrogen (secondary N) is 1. The number of hydrogen-bond donors (Lipinski definition) is 2. The second-order valence-corrected chi connectivity index (χ2v) is 6.95. The second kappa shape index (κ2) is 6.66. The van der Waals surface area contributed by atoms with Gasteiger partial charge in [0.25, 0.3) is 10.0 Å². The van der Waals surface area contributed by atoms with Crippen molar-refractivity contribution in [3.63, 3.8) is 0 Å². The Labute approximate surface area is 143 Å². The molecule has 2 aromatic rings. The maximum Gasteiger partial charge on any atom is 0.265 e. The molecule has 9 heteroatoms. The first-order valence-electron chi connectivity index (χ1n) is 6.20. The Balaban J connectivity index is 2.52. The summed E-state index contributed by atoms with van der Waals surface area (Å²) < 4.78 is 32.5. The van der Waals surface area contributed by atoms with Crippen molar-refractivity contribution in [2.45, 2.75) is 4.90 Å². The Bertz CT molecular complexity index is 869. The highest BCUT2D eigenvalue weighted by atomic mass is 35.5. The third-order valence-electron chi connectivity index (χ3n) is 2.91. The fraction of sp³-hybridized carbons (Fsp3) is 0.0714. The highest BCUT2D eigenvalue weighted by Gasteiger charge is 2.22. The van der Waals surface area contributed by atoms with Gasteiger partial charge in [-0.2, -0.15) is 0 Å². The number of sulfonamides is 1. The van der Waals surface area contributed by atoms with Gasteiger partial charge in [0.15, 0.2) is 0 Å². The fourth-order valence-corrected chi connectivity index (χ4v) is 3.48. The normalized spacial score (nSPS) is 11.1. The molecule has 0 aliphatic heterocycles. The Morgan fingerprint density at radius 1 is 1.17 bits per heavy atom. The number of rotatable bonds is 5. The minimum atomic E-state index is -4.08. The molecule has 0 spiro atoms. The van der Waals surface area contributed by atoms with Crippen molar-refractivity contribution in [3.05, 3.63) is 52.0 Å². The van der Waals surface area contributed by atoms with E-state index in [0.29, 0.717) is 5.02 Å². The lowest BCUT2D eigenvalue weighted by atomic mass is 10.2. The highest BCUT2D eigenvalue weighted by Crippen LogP contribution is 2.31. The van der Waals surface area contributed by atoms with E-state index in [9.17, 15) is 13.2 Å². The van der Waals surface area contributed by atoms with Gasteiger partial charge in [-0.15, -0.1) is 0 Å². The van der Waals surface area contributed by atoms with Gasteiger partial charge >= 0.3 is 0 Å². The van der Waals surface area contributed by atoms with Crippen LogP contribution in [-0.4, -0.2) is 21.4 Å². The third kappa shape index (κ3) is 3.87. The third-order valence-corrected chi connectivity index (χ3v) is 4.86. The summed E-state index contributed by atoms with van der Waals surface area (Å²) in [6, 6.07) is 8.18. The number of amides is 1. The molecule has 0 saturated heterocycles. The number of carbonyl (C=O) groups is 1. The van der Waals surface area contributed by atoms with Crippen LogP contribution >= 0.6 is 23.2 Å². The van der Waals surface area contributed by atoms with Gasteiger partial charge in [-0.1, -0.05) is 23.2 Å². The molecule has 2 aromatic carbocycles. The number of anilines is 1. The summed E-state index contributed by atoms with van der Waals surface area (Å²) >= 11 is 11.8. The van der Waals surface area contributed by atoms with E-state index < -0.39 is 15.9 Å². The van der Waals surface area contributed by atoms with Crippen molar-refractivity contribution in [1.82, 2.24) is 0 Å². The van der Waals surface area contributed by atoms with Gasteiger partial charge < -0.3 is 10.5 Å².